The van der Waals surface area contributed by atoms with Crippen LogP contribution >= 0.6 is 0 Å². The molecule has 1 saturated carbocycles. The summed E-state index contributed by atoms with van der Waals surface area (Å²) in [4.78, 5) is 11.3. The molecule has 0 amide bonds. The van der Waals surface area contributed by atoms with E-state index in [2.05, 4.69) is 4.74 Å². The Hall–Kier alpha value is -1.43. The number of esters is 1. The van der Waals surface area contributed by atoms with Gasteiger partial charge in [-0.15, -0.1) is 0 Å². The molecule has 0 saturated heterocycles. The van der Waals surface area contributed by atoms with Crippen molar-refractivity contribution in [2.45, 2.75) is 25.0 Å². The number of benzene rings is 1. The number of halogens is 1. The summed E-state index contributed by atoms with van der Waals surface area (Å²) >= 11 is 0. The van der Waals surface area contributed by atoms with Crippen LogP contribution in [0, 0.1) is 11.2 Å². The summed E-state index contributed by atoms with van der Waals surface area (Å²) in [6.07, 6.45) is 1.60. The lowest BCUT2D eigenvalue weighted by molar-refractivity contribution is -0.141. The highest BCUT2D eigenvalue weighted by atomic mass is 32.2. The van der Waals surface area contributed by atoms with Crippen LogP contribution in [-0.2, 0) is 25.1 Å². The molecular formula is C14H17FO4S. The van der Waals surface area contributed by atoms with Crippen LogP contribution in [0.1, 0.15) is 24.8 Å². The summed E-state index contributed by atoms with van der Waals surface area (Å²) in [5.74, 6) is -0.919. The van der Waals surface area contributed by atoms with E-state index in [9.17, 15) is 17.6 Å². The summed E-state index contributed by atoms with van der Waals surface area (Å²) < 4.78 is 41.7. The number of hydrogen-bond donors (Lipinski definition) is 0. The van der Waals surface area contributed by atoms with Crippen molar-refractivity contribution in [3.63, 3.8) is 0 Å². The van der Waals surface area contributed by atoms with E-state index < -0.39 is 21.1 Å². The highest BCUT2D eigenvalue weighted by Crippen LogP contribution is 2.50. The van der Waals surface area contributed by atoms with Gasteiger partial charge in [-0.25, -0.2) is 12.8 Å². The van der Waals surface area contributed by atoms with E-state index in [1.807, 2.05) is 0 Å². The van der Waals surface area contributed by atoms with E-state index in [-0.39, 0.29) is 23.9 Å². The molecule has 110 valence electrons. The average molecular weight is 300 g/mol. The molecular weight excluding hydrogens is 283 g/mol. The van der Waals surface area contributed by atoms with Crippen LogP contribution < -0.4 is 0 Å². The minimum absolute atomic E-state index is 0.0214. The molecule has 0 radical (unpaired) electrons. The third kappa shape index (κ3) is 4.03. The molecule has 1 aliphatic rings. The van der Waals surface area contributed by atoms with Crippen LogP contribution in [0.2, 0.25) is 0 Å². The van der Waals surface area contributed by atoms with Crippen LogP contribution in [0.3, 0.4) is 0 Å². The van der Waals surface area contributed by atoms with E-state index in [0.29, 0.717) is 5.56 Å². The molecule has 0 unspecified atom stereocenters. The van der Waals surface area contributed by atoms with Crippen molar-refractivity contribution < 1.29 is 22.3 Å². The number of rotatable bonds is 6. The SMILES string of the molecule is COC(=O)CC1(CS(=O)(=O)Cc2ccc(F)cc2)CC1. The Bertz CT molecular complexity index is 588. The van der Waals surface area contributed by atoms with E-state index in [1.165, 1.54) is 31.4 Å². The summed E-state index contributed by atoms with van der Waals surface area (Å²) in [5, 5.41) is 0. The van der Waals surface area contributed by atoms with Gasteiger partial charge in [0.15, 0.2) is 9.84 Å². The maximum absolute atomic E-state index is 12.8. The average Bonchev–Trinajstić information content (AvgIpc) is 3.10. The molecule has 0 atom stereocenters. The first-order valence-electron chi connectivity index (χ1n) is 6.36. The summed E-state index contributed by atoms with van der Waals surface area (Å²) in [6.45, 7) is 0. The molecule has 20 heavy (non-hydrogen) atoms. The van der Waals surface area contributed by atoms with Gasteiger partial charge in [-0.1, -0.05) is 12.1 Å². The molecule has 1 aliphatic carbocycles. The van der Waals surface area contributed by atoms with Crippen LogP contribution in [0.25, 0.3) is 0 Å². The molecule has 4 nitrogen and oxygen atoms in total. The van der Waals surface area contributed by atoms with Gasteiger partial charge in [-0.3, -0.25) is 4.79 Å². The maximum atomic E-state index is 12.8. The summed E-state index contributed by atoms with van der Waals surface area (Å²) in [7, 11) is -2.03. The van der Waals surface area contributed by atoms with Crippen molar-refractivity contribution in [3.8, 4) is 0 Å². The minimum Gasteiger partial charge on any atom is -0.469 e. The maximum Gasteiger partial charge on any atom is 0.306 e. The van der Waals surface area contributed by atoms with Crippen molar-refractivity contribution in [2.24, 2.45) is 5.41 Å². The standard InChI is InChI=1S/C14H17FO4S/c1-19-13(16)8-14(6-7-14)10-20(17,18)9-11-2-4-12(15)5-3-11/h2-5H,6-10H2,1H3. The monoisotopic (exact) mass is 300 g/mol. The molecule has 0 spiro atoms. The van der Waals surface area contributed by atoms with Gasteiger partial charge < -0.3 is 4.74 Å². The highest BCUT2D eigenvalue weighted by Gasteiger charge is 2.47. The number of carbonyl (C=O) groups is 1. The first-order valence-corrected chi connectivity index (χ1v) is 8.18. The van der Waals surface area contributed by atoms with Crippen molar-refractivity contribution in [1.29, 1.82) is 0 Å². The fraction of sp³-hybridized carbons (Fsp3) is 0.500. The molecule has 0 aliphatic heterocycles. The molecule has 1 aromatic rings. The minimum atomic E-state index is -3.33. The quantitative estimate of drug-likeness (QED) is 0.755. The topological polar surface area (TPSA) is 60.4 Å². The van der Waals surface area contributed by atoms with Crippen molar-refractivity contribution >= 4 is 15.8 Å². The first kappa shape index (κ1) is 15.0. The van der Waals surface area contributed by atoms with E-state index >= 15 is 0 Å². The zero-order chi connectivity index (χ0) is 14.8. The third-order valence-electron chi connectivity index (χ3n) is 3.53. The Morgan fingerprint density at radius 1 is 1.30 bits per heavy atom. The largest absolute Gasteiger partial charge is 0.469 e. The molecule has 0 N–H and O–H groups in total. The lowest BCUT2D eigenvalue weighted by Gasteiger charge is -2.14. The van der Waals surface area contributed by atoms with E-state index in [0.717, 1.165) is 12.8 Å². The zero-order valence-corrected chi connectivity index (χ0v) is 12.1. The Labute approximate surface area is 117 Å². The second-order valence-corrected chi connectivity index (χ2v) is 7.48. The third-order valence-corrected chi connectivity index (χ3v) is 5.36. The fourth-order valence-corrected chi connectivity index (χ4v) is 4.41. The predicted octanol–water partition coefficient (Wildman–Crippen LogP) is 2.08. The molecule has 0 aromatic heterocycles. The van der Waals surface area contributed by atoms with Crippen molar-refractivity contribution in [3.05, 3.63) is 35.6 Å². The zero-order valence-electron chi connectivity index (χ0n) is 11.3. The van der Waals surface area contributed by atoms with Gasteiger partial charge in [0.2, 0.25) is 0 Å². The Morgan fingerprint density at radius 3 is 2.40 bits per heavy atom. The van der Waals surface area contributed by atoms with Gasteiger partial charge in [-0.05, 0) is 36.0 Å². The molecule has 0 heterocycles. The molecule has 2 rings (SSSR count). The van der Waals surface area contributed by atoms with Gasteiger partial charge >= 0.3 is 5.97 Å². The number of hydrogen-bond acceptors (Lipinski definition) is 4. The Kier molecular flexibility index (Phi) is 4.13. The van der Waals surface area contributed by atoms with Gasteiger partial charge in [-0.2, -0.15) is 0 Å². The van der Waals surface area contributed by atoms with Gasteiger partial charge in [0.1, 0.15) is 5.82 Å². The second kappa shape index (κ2) is 5.52. The van der Waals surface area contributed by atoms with Gasteiger partial charge in [0.25, 0.3) is 0 Å². The Balaban J connectivity index is 2.01. The summed E-state index contributed by atoms with van der Waals surface area (Å²) in [6, 6.07) is 5.41. The number of methoxy groups -OCH3 is 1. The lowest BCUT2D eigenvalue weighted by Crippen LogP contribution is -2.22. The lowest BCUT2D eigenvalue weighted by atomic mass is 10.1. The fourth-order valence-electron chi connectivity index (χ4n) is 2.28. The molecule has 1 fully saturated rings. The molecule has 1 aromatic carbocycles. The summed E-state index contributed by atoms with van der Waals surface area (Å²) in [5.41, 5.74) is 0.103. The number of carbonyl (C=O) groups excluding carboxylic acids is 1. The Morgan fingerprint density at radius 2 is 1.90 bits per heavy atom. The van der Waals surface area contributed by atoms with Gasteiger partial charge in [0, 0.05) is 0 Å². The number of sulfone groups is 1. The smallest absolute Gasteiger partial charge is 0.306 e. The van der Waals surface area contributed by atoms with Crippen LogP contribution in [-0.4, -0.2) is 27.2 Å². The van der Waals surface area contributed by atoms with Crippen molar-refractivity contribution in [1.82, 2.24) is 0 Å². The van der Waals surface area contributed by atoms with E-state index in [1.54, 1.807) is 0 Å². The van der Waals surface area contributed by atoms with Crippen LogP contribution in [0.15, 0.2) is 24.3 Å². The van der Waals surface area contributed by atoms with Crippen LogP contribution in [0.4, 0.5) is 4.39 Å². The van der Waals surface area contributed by atoms with Crippen molar-refractivity contribution in [2.75, 3.05) is 12.9 Å². The predicted molar refractivity (Wildman–Crippen MR) is 72.2 cm³/mol. The first-order chi connectivity index (χ1) is 9.34. The van der Waals surface area contributed by atoms with Gasteiger partial charge in [0.05, 0.1) is 25.0 Å². The number of ether oxygens (including phenoxy) is 1. The molecule has 6 heteroatoms. The second-order valence-electron chi connectivity index (χ2n) is 5.41. The van der Waals surface area contributed by atoms with E-state index in [4.69, 9.17) is 0 Å². The molecule has 0 bridgehead atoms. The van der Waals surface area contributed by atoms with Crippen LogP contribution in [0.5, 0.6) is 0 Å². The highest BCUT2D eigenvalue weighted by molar-refractivity contribution is 7.90. The normalized spacial score (nSPS) is 16.7.